The maximum atomic E-state index is 11.8. The summed E-state index contributed by atoms with van der Waals surface area (Å²) in [5, 5.41) is 0. The average Bonchev–Trinajstić information content (AvgIpc) is 2.40. The molecule has 4 heteroatoms. The smallest absolute Gasteiger partial charge is 0.373 e. The molecule has 0 N–H and O–H groups in total. The van der Waals surface area contributed by atoms with Gasteiger partial charge in [-0.3, -0.25) is 4.89 Å². The number of ether oxygens (including phenoxy) is 1. The maximum Gasteiger partial charge on any atom is 0.373 e. The van der Waals surface area contributed by atoms with Gasteiger partial charge in [-0.1, -0.05) is 25.5 Å². The van der Waals surface area contributed by atoms with E-state index in [0.717, 1.165) is 24.0 Å². The molecule has 0 aliphatic rings. The van der Waals surface area contributed by atoms with Crippen LogP contribution in [0, 0.1) is 13.8 Å². The van der Waals surface area contributed by atoms with Crippen molar-refractivity contribution in [3.8, 4) is 0 Å². The van der Waals surface area contributed by atoms with Crippen LogP contribution in [-0.4, -0.2) is 25.8 Å². The lowest BCUT2D eigenvalue weighted by Crippen LogP contribution is -2.12. The molecule has 0 aliphatic carbocycles. The number of benzene rings is 1. The van der Waals surface area contributed by atoms with Crippen molar-refractivity contribution in [1.29, 1.82) is 0 Å². The Morgan fingerprint density at radius 1 is 1.16 bits per heavy atom. The molecule has 1 aromatic rings. The van der Waals surface area contributed by atoms with Gasteiger partial charge in [-0.2, -0.15) is 4.89 Å². The molecule has 0 saturated heterocycles. The lowest BCUT2D eigenvalue weighted by Gasteiger charge is -2.08. The highest BCUT2D eigenvalue weighted by molar-refractivity contribution is 5.90. The van der Waals surface area contributed by atoms with Gasteiger partial charge in [-0.25, -0.2) is 4.79 Å². The van der Waals surface area contributed by atoms with Gasteiger partial charge in [-0.15, -0.1) is 0 Å². The summed E-state index contributed by atoms with van der Waals surface area (Å²) in [6.45, 7) is 7.34. The first kappa shape index (κ1) is 15.7. The van der Waals surface area contributed by atoms with Crippen molar-refractivity contribution in [3.63, 3.8) is 0 Å². The van der Waals surface area contributed by atoms with Gasteiger partial charge in [0.15, 0.2) is 0 Å². The molecular formula is C15H22O4. The van der Waals surface area contributed by atoms with Gasteiger partial charge in [0.2, 0.25) is 0 Å². The highest BCUT2D eigenvalue weighted by Gasteiger charge is 2.12. The molecule has 19 heavy (non-hydrogen) atoms. The maximum absolute atomic E-state index is 11.8. The molecule has 0 radical (unpaired) electrons. The van der Waals surface area contributed by atoms with E-state index in [-0.39, 0.29) is 6.61 Å². The number of hydrogen-bond acceptors (Lipinski definition) is 4. The number of unbranched alkanes of at least 4 members (excludes halogenated alkanes) is 1. The monoisotopic (exact) mass is 266 g/mol. The summed E-state index contributed by atoms with van der Waals surface area (Å²) in [5.41, 5.74) is 2.50. The second-order valence-electron chi connectivity index (χ2n) is 4.41. The van der Waals surface area contributed by atoms with E-state index >= 15 is 0 Å². The van der Waals surface area contributed by atoms with Gasteiger partial charge < -0.3 is 4.74 Å². The first-order valence-electron chi connectivity index (χ1n) is 6.64. The van der Waals surface area contributed by atoms with Crippen LogP contribution in [0.1, 0.15) is 41.3 Å². The normalized spacial score (nSPS) is 10.5. The van der Waals surface area contributed by atoms with Gasteiger partial charge >= 0.3 is 5.97 Å². The largest absolute Gasteiger partial charge is 0.379 e. The number of carbonyl (C=O) groups is 1. The zero-order valence-electron chi connectivity index (χ0n) is 11.9. The van der Waals surface area contributed by atoms with Crippen molar-refractivity contribution in [1.82, 2.24) is 0 Å². The van der Waals surface area contributed by atoms with Gasteiger partial charge in [-0.05, 0) is 37.5 Å². The lowest BCUT2D eigenvalue weighted by atomic mass is 10.0. The van der Waals surface area contributed by atoms with E-state index in [1.165, 1.54) is 0 Å². The quantitative estimate of drug-likeness (QED) is 0.412. The highest BCUT2D eigenvalue weighted by Crippen LogP contribution is 2.13. The molecule has 0 aliphatic heterocycles. The van der Waals surface area contributed by atoms with Crippen LogP contribution in [0.2, 0.25) is 0 Å². The second kappa shape index (κ2) is 8.67. The van der Waals surface area contributed by atoms with E-state index in [4.69, 9.17) is 14.5 Å². The Labute approximate surface area is 114 Å². The summed E-state index contributed by atoms with van der Waals surface area (Å²) >= 11 is 0. The minimum absolute atomic E-state index is 0.250. The topological polar surface area (TPSA) is 44.8 Å². The zero-order chi connectivity index (χ0) is 14.1. The number of aryl methyl sites for hydroxylation is 1. The van der Waals surface area contributed by atoms with Crippen molar-refractivity contribution in [2.75, 3.05) is 19.8 Å². The van der Waals surface area contributed by atoms with Gasteiger partial charge in [0.25, 0.3) is 0 Å². The lowest BCUT2D eigenvalue weighted by molar-refractivity contribution is -0.247. The van der Waals surface area contributed by atoms with E-state index in [1.54, 1.807) is 6.07 Å². The Morgan fingerprint density at radius 2 is 1.95 bits per heavy atom. The molecular weight excluding hydrogens is 244 g/mol. The predicted molar refractivity (Wildman–Crippen MR) is 73.0 cm³/mol. The Bertz CT molecular complexity index is 401. The van der Waals surface area contributed by atoms with Crippen LogP contribution in [0.4, 0.5) is 0 Å². The summed E-state index contributed by atoms with van der Waals surface area (Å²) in [7, 11) is 0. The van der Waals surface area contributed by atoms with Gasteiger partial charge in [0.1, 0.15) is 6.61 Å². The van der Waals surface area contributed by atoms with Crippen LogP contribution in [0.15, 0.2) is 18.2 Å². The van der Waals surface area contributed by atoms with Gasteiger partial charge in [0.05, 0.1) is 12.2 Å². The Kier molecular flexibility index (Phi) is 7.15. The molecule has 0 bridgehead atoms. The molecule has 4 nitrogen and oxygen atoms in total. The molecule has 1 aromatic carbocycles. The van der Waals surface area contributed by atoms with Crippen LogP contribution in [0.5, 0.6) is 0 Å². The third-order valence-corrected chi connectivity index (χ3v) is 2.91. The van der Waals surface area contributed by atoms with E-state index in [9.17, 15) is 4.79 Å². The fourth-order valence-electron chi connectivity index (χ4n) is 1.55. The molecule has 0 fully saturated rings. The van der Waals surface area contributed by atoms with Crippen molar-refractivity contribution >= 4 is 5.97 Å². The summed E-state index contributed by atoms with van der Waals surface area (Å²) < 4.78 is 5.29. The summed E-state index contributed by atoms with van der Waals surface area (Å²) in [6.07, 6.45) is 2.13. The molecule has 0 spiro atoms. The molecule has 1 rings (SSSR count). The third-order valence-electron chi connectivity index (χ3n) is 2.91. The number of rotatable bonds is 8. The molecule has 106 valence electrons. The van der Waals surface area contributed by atoms with Crippen LogP contribution in [-0.2, 0) is 14.5 Å². The summed E-state index contributed by atoms with van der Waals surface area (Å²) in [4.78, 5) is 21.4. The van der Waals surface area contributed by atoms with E-state index in [1.807, 2.05) is 26.0 Å². The Hall–Kier alpha value is -1.39. The molecule has 0 saturated carbocycles. The molecule has 0 atom stereocenters. The van der Waals surface area contributed by atoms with Crippen LogP contribution in [0.25, 0.3) is 0 Å². The van der Waals surface area contributed by atoms with Crippen molar-refractivity contribution in [3.05, 3.63) is 34.9 Å². The van der Waals surface area contributed by atoms with Crippen LogP contribution >= 0.6 is 0 Å². The second-order valence-corrected chi connectivity index (χ2v) is 4.41. The predicted octanol–water partition coefficient (Wildman–Crippen LogP) is 3.21. The Morgan fingerprint density at radius 3 is 2.68 bits per heavy atom. The molecule has 0 amide bonds. The molecule has 0 aromatic heterocycles. The minimum atomic E-state index is -0.463. The minimum Gasteiger partial charge on any atom is -0.379 e. The summed E-state index contributed by atoms with van der Waals surface area (Å²) in [6, 6.07) is 5.51. The Balaban J connectivity index is 2.26. The average molecular weight is 266 g/mol. The fourth-order valence-corrected chi connectivity index (χ4v) is 1.55. The van der Waals surface area contributed by atoms with E-state index in [2.05, 4.69) is 6.92 Å². The van der Waals surface area contributed by atoms with Crippen LogP contribution in [0.3, 0.4) is 0 Å². The fraction of sp³-hybridized carbons (Fsp3) is 0.533. The van der Waals surface area contributed by atoms with E-state index < -0.39 is 5.97 Å². The number of hydrogen-bond donors (Lipinski definition) is 0. The summed E-state index contributed by atoms with van der Waals surface area (Å²) in [5.74, 6) is -0.463. The van der Waals surface area contributed by atoms with Crippen LogP contribution < -0.4 is 0 Å². The van der Waals surface area contributed by atoms with Crippen molar-refractivity contribution < 1.29 is 19.3 Å². The SMILES string of the molecule is CCCCOCCOOC(=O)c1cccc(C)c1C. The first-order valence-corrected chi connectivity index (χ1v) is 6.64. The number of carbonyl (C=O) groups excluding carboxylic acids is 1. The van der Waals surface area contributed by atoms with E-state index in [0.29, 0.717) is 18.8 Å². The highest BCUT2D eigenvalue weighted by atomic mass is 17.2. The molecule has 0 unspecified atom stereocenters. The zero-order valence-corrected chi connectivity index (χ0v) is 11.9. The molecule has 0 heterocycles. The van der Waals surface area contributed by atoms with Crippen molar-refractivity contribution in [2.45, 2.75) is 33.6 Å². The standard InChI is InChI=1S/C15H22O4/c1-4-5-9-17-10-11-18-19-15(16)14-8-6-7-12(2)13(14)3/h6-8H,4-5,9-11H2,1-3H3. The van der Waals surface area contributed by atoms with Crippen molar-refractivity contribution in [2.24, 2.45) is 0 Å². The third kappa shape index (κ3) is 5.41. The first-order chi connectivity index (χ1) is 9.16. The van der Waals surface area contributed by atoms with Gasteiger partial charge in [0, 0.05) is 6.61 Å².